The van der Waals surface area contributed by atoms with Crippen molar-refractivity contribution in [3.8, 4) is 5.75 Å². The maximum Gasteiger partial charge on any atom is 0.254 e. The van der Waals surface area contributed by atoms with E-state index in [9.17, 15) is 9.90 Å². The van der Waals surface area contributed by atoms with E-state index in [0.717, 1.165) is 32.5 Å². The molecule has 0 aromatic heterocycles. The number of likely N-dealkylation sites (tertiary alicyclic amines) is 1. The molecule has 1 aliphatic heterocycles. The van der Waals surface area contributed by atoms with Crippen LogP contribution in [-0.4, -0.2) is 53.5 Å². The third-order valence-electron chi connectivity index (χ3n) is 4.41. The molecule has 1 N–H and O–H groups in total. The van der Waals surface area contributed by atoms with E-state index in [2.05, 4.69) is 11.8 Å². The molecule has 1 aromatic rings. The Morgan fingerprint density at radius 3 is 2.65 bits per heavy atom. The van der Waals surface area contributed by atoms with Gasteiger partial charge in [0.2, 0.25) is 0 Å². The maximum atomic E-state index is 12.6. The fourth-order valence-electron chi connectivity index (χ4n) is 2.83. The SMILES string of the molecule is CCN1CCC(N(C)C(=O)c2cccc(O)c2C)CC1. The summed E-state index contributed by atoms with van der Waals surface area (Å²) < 4.78 is 0. The van der Waals surface area contributed by atoms with E-state index in [0.29, 0.717) is 17.2 Å². The number of carbonyl (C=O) groups is 1. The van der Waals surface area contributed by atoms with Gasteiger partial charge in [0.1, 0.15) is 5.75 Å². The minimum atomic E-state index is 0.00773. The number of phenols is 1. The molecule has 110 valence electrons. The van der Waals surface area contributed by atoms with Crippen LogP contribution in [-0.2, 0) is 0 Å². The Bertz CT molecular complexity index is 479. The van der Waals surface area contributed by atoms with Crippen molar-refractivity contribution in [3.05, 3.63) is 29.3 Å². The second kappa shape index (κ2) is 6.27. The third-order valence-corrected chi connectivity index (χ3v) is 4.41. The number of carbonyl (C=O) groups excluding carboxylic acids is 1. The lowest BCUT2D eigenvalue weighted by Crippen LogP contribution is -2.45. The van der Waals surface area contributed by atoms with Gasteiger partial charge in [-0.15, -0.1) is 0 Å². The largest absolute Gasteiger partial charge is 0.508 e. The average Bonchev–Trinajstić information content (AvgIpc) is 2.48. The molecule has 1 aliphatic rings. The Labute approximate surface area is 121 Å². The van der Waals surface area contributed by atoms with Crippen LogP contribution in [0.3, 0.4) is 0 Å². The molecule has 20 heavy (non-hydrogen) atoms. The quantitative estimate of drug-likeness (QED) is 0.921. The van der Waals surface area contributed by atoms with E-state index in [4.69, 9.17) is 0 Å². The molecule has 4 nitrogen and oxygen atoms in total. The number of hydrogen-bond acceptors (Lipinski definition) is 3. The van der Waals surface area contributed by atoms with Crippen LogP contribution in [0, 0.1) is 6.92 Å². The molecule has 1 amide bonds. The molecule has 0 spiro atoms. The summed E-state index contributed by atoms with van der Waals surface area (Å²) in [5, 5.41) is 9.73. The van der Waals surface area contributed by atoms with Crippen LogP contribution < -0.4 is 0 Å². The number of nitrogens with zero attached hydrogens (tertiary/aromatic N) is 2. The van der Waals surface area contributed by atoms with Crippen LogP contribution >= 0.6 is 0 Å². The molecule has 0 unspecified atom stereocenters. The van der Waals surface area contributed by atoms with Crippen molar-refractivity contribution in [2.75, 3.05) is 26.7 Å². The van der Waals surface area contributed by atoms with Crippen molar-refractivity contribution in [2.45, 2.75) is 32.7 Å². The molecule has 0 atom stereocenters. The van der Waals surface area contributed by atoms with Gasteiger partial charge in [-0.05, 0) is 38.4 Å². The van der Waals surface area contributed by atoms with E-state index in [1.165, 1.54) is 0 Å². The second-order valence-electron chi connectivity index (χ2n) is 5.53. The lowest BCUT2D eigenvalue weighted by Gasteiger charge is -2.36. The Kier molecular flexibility index (Phi) is 4.65. The third kappa shape index (κ3) is 2.96. The van der Waals surface area contributed by atoms with Crippen molar-refractivity contribution in [2.24, 2.45) is 0 Å². The first kappa shape index (κ1) is 14.9. The monoisotopic (exact) mass is 276 g/mol. The van der Waals surface area contributed by atoms with E-state index in [1.807, 2.05) is 11.9 Å². The fourth-order valence-corrected chi connectivity index (χ4v) is 2.83. The normalized spacial score (nSPS) is 17.1. The van der Waals surface area contributed by atoms with Crippen LogP contribution in [0.5, 0.6) is 5.75 Å². The highest BCUT2D eigenvalue weighted by Crippen LogP contribution is 2.23. The van der Waals surface area contributed by atoms with Crippen LogP contribution in [0.1, 0.15) is 35.7 Å². The predicted molar refractivity (Wildman–Crippen MR) is 80.1 cm³/mol. The molecule has 0 saturated carbocycles. The van der Waals surface area contributed by atoms with Gasteiger partial charge in [-0.3, -0.25) is 4.79 Å². The van der Waals surface area contributed by atoms with Crippen molar-refractivity contribution >= 4 is 5.91 Å². The Balaban J connectivity index is 2.07. The summed E-state index contributed by atoms with van der Waals surface area (Å²) in [6.07, 6.45) is 2.04. The zero-order chi connectivity index (χ0) is 14.7. The maximum absolute atomic E-state index is 12.6. The van der Waals surface area contributed by atoms with Gasteiger partial charge < -0.3 is 14.9 Å². The summed E-state index contributed by atoms with van der Waals surface area (Å²) in [6.45, 7) is 7.15. The minimum Gasteiger partial charge on any atom is -0.508 e. The first-order chi connectivity index (χ1) is 9.54. The van der Waals surface area contributed by atoms with E-state index in [-0.39, 0.29) is 11.7 Å². The molecule has 1 fully saturated rings. The highest BCUT2D eigenvalue weighted by molar-refractivity contribution is 5.96. The van der Waals surface area contributed by atoms with Crippen LogP contribution in [0.15, 0.2) is 18.2 Å². The lowest BCUT2D eigenvalue weighted by molar-refractivity contribution is 0.0645. The van der Waals surface area contributed by atoms with Gasteiger partial charge in [0.15, 0.2) is 0 Å². The summed E-state index contributed by atoms with van der Waals surface area (Å²) in [4.78, 5) is 16.8. The summed E-state index contributed by atoms with van der Waals surface area (Å²) in [7, 11) is 1.87. The van der Waals surface area contributed by atoms with Gasteiger partial charge in [0, 0.05) is 37.3 Å². The number of piperidine rings is 1. The summed E-state index contributed by atoms with van der Waals surface area (Å²) >= 11 is 0. The minimum absolute atomic E-state index is 0.00773. The molecule has 0 aliphatic carbocycles. The molecular weight excluding hydrogens is 252 g/mol. The highest BCUT2D eigenvalue weighted by Gasteiger charge is 2.26. The second-order valence-corrected chi connectivity index (χ2v) is 5.53. The number of amides is 1. The average molecular weight is 276 g/mol. The summed E-state index contributed by atoms with van der Waals surface area (Å²) in [6, 6.07) is 5.43. The zero-order valence-electron chi connectivity index (χ0n) is 12.6. The summed E-state index contributed by atoms with van der Waals surface area (Å²) in [5.74, 6) is 0.193. The van der Waals surface area contributed by atoms with Crippen molar-refractivity contribution in [1.82, 2.24) is 9.80 Å². The number of rotatable bonds is 3. The predicted octanol–water partition coefficient (Wildman–Crippen LogP) is 2.26. The Morgan fingerprint density at radius 1 is 1.40 bits per heavy atom. The topological polar surface area (TPSA) is 43.8 Å². The molecular formula is C16H24N2O2. The highest BCUT2D eigenvalue weighted by atomic mass is 16.3. The van der Waals surface area contributed by atoms with Crippen LogP contribution in [0.25, 0.3) is 0 Å². The number of benzene rings is 1. The van der Waals surface area contributed by atoms with Gasteiger partial charge in [0.25, 0.3) is 5.91 Å². The van der Waals surface area contributed by atoms with Gasteiger partial charge >= 0.3 is 0 Å². The van der Waals surface area contributed by atoms with Gasteiger partial charge in [-0.25, -0.2) is 0 Å². The van der Waals surface area contributed by atoms with E-state index < -0.39 is 0 Å². The molecule has 0 radical (unpaired) electrons. The van der Waals surface area contributed by atoms with Gasteiger partial charge in [-0.1, -0.05) is 13.0 Å². The van der Waals surface area contributed by atoms with Crippen LogP contribution in [0.2, 0.25) is 0 Å². The van der Waals surface area contributed by atoms with Crippen molar-refractivity contribution < 1.29 is 9.90 Å². The van der Waals surface area contributed by atoms with Crippen molar-refractivity contribution in [3.63, 3.8) is 0 Å². The van der Waals surface area contributed by atoms with Crippen LogP contribution in [0.4, 0.5) is 0 Å². The molecule has 4 heteroatoms. The standard InChI is InChI=1S/C16H24N2O2/c1-4-18-10-8-13(9-11-18)17(3)16(20)14-6-5-7-15(19)12(14)2/h5-7,13,19H,4,8-11H2,1-3H3. The molecule has 1 saturated heterocycles. The first-order valence-corrected chi connectivity index (χ1v) is 7.32. The molecule has 1 heterocycles. The fraction of sp³-hybridized carbons (Fsp3) is 0.562. The Morgan fingerprint density at radius 2 is 2.05 bits per heavy atom. The smallest absolute Gasteiger partial charge is 0.254 e. The molecule has 2 rings (SSSR count). The lowest BCUT2D eigenvalue weighted by atomic mass is 10.0. The Hall–Kier alpha value is -1.55. The summed E-state index contributed by atoms with van der Waals surface area (Å²) in [5.41, 5.74) is 1.26. The van der Waals surface area contributed by atoms with Gasteiger partial charge in [-0.2, -0.15) is 0 Å². The van der Waals surface area contributed by atoms with E-state index in [1.54, 1.807) is 25.1 Å². The molecule has 0 bridgehead atoms. The molecule has 1 aromatic carbocycles. The number of aromatic hydroxyl groups is 1. The zero-order valence-corrected chi connectivity index (χ0v) is 12.6. The number of hydrogen-bond donors (Lipinski definition) is 1. The van der Waals surface area contributed by atoms with Gasteiger partial charge in [0.05, 0.1) is 0 Å². The number of phenolic OH excluding ortho intramolecular Hbond substituents is 1. The van der Waals surface area contributed by atoms with E-state index >= 15 is 0 Å². The van der Waals surface area contributed by atoms with Crippen molar-refractivity contribution in [1.29, 1.82) is 0 Å². The first-order valence-electron chi connectivity index (χ1n) is 7.32.